The normalized spacial score (nSPS) is 26.6. The Morgan fingerprint density at radius 3 is 2.92 bits per heavy atom. The Kier molecular flexibility index (Phi) is 2.14. The largest absolute Gasteiger partial charge is 0.474 e. The Hall–Kier alpha value is -1.16. The van der Waals surface area contributed by atoms with Crippen molar-refractivity contribution in [1.29, 1.82) is 0 Å². The van der Waals surface area contributed by atoms with Gasteiger partial charge in [-0.2, -0.15) is 4.98 Å². The van der Waals surface area contributed by atoms with Crippen LogP contribution in [0.25, 0.3) is 0 Å². The van der Waals surface area contributed by atoms with Crippen molar-refractivity contribution in [3.63, 3.8) is 0 Å². The van der Waals surface area contributed by atoms with E-state index in [1.165, 1.54) is 0 Å². The van der Waals surface area contributed by atoms with E-state index in [-0.39, 0.29) is 6.10 Å². The predicted octanol–water partition coefficient (Wildman–Crippen LogP) is 0.654. The van der Waals surface area contributed by atoms with E-state index in [1.54, 1.807) is 12.3 Å². The standard InChI is InChI=1S/C9H13N3O/c1-6-11-3-2-9(12-6)13-8-4-7(10)5-8/h2-3,7-8H,4-5,10H2,1H3. The molecule has 2 N–H and O–H groups in total. The molecule has 4 heteroatoms. The Morgan fingerprint density at radius 1 is 1.54 bits per heavy atom. The highest BCUT2D eigenvalue weighted by molar-refractivity contribution is 5.09. The minimum absolute atomic E-state index is 0.254. The zero-order chi connectivity index (χ0) is 9.26. The van der Waals surface area contributed by atoms with Gasteiger partial charge in [-0.25, -0.2) is 4.98 Å². The molecule has 0 atom stereocenters. The summed E-state index contributed by atoms with van der Waals surface area (Å²) in [6.45, 7) is 1.85. The van der Waals surface area contributed by atoms with Crippen LogP contribution in [-0.2, 0) is 0 Å². The van der Waals surface area contributed by atoms with Crippen LogP contribution in [0.3, 0.4) is 0 Å². The Bertz CT molecular complexity index is 297. The molecular formula is C9H13N3O. The summed E-state index contributed by atoms with van der Waals surface area (Å²) in [5.41, 5.74) is 5.64. The van der Waals surface area contributed by atoms with E-state index >= 15 is 0 Å². The number of nitrogens with zero attached hydrogens (tertiary/aromatic N) is 2. The fourth-order valence-corrected chi connectivity index (χ4v) is 1.37. The van der Waals surface area contributed by atoms with Gasteiger partial charge in [0.05, 0.1) is 0 Å². The molecule has 0 radical (unpaired) electrons. The lowest BCUT2D eigenvalue weighted by Gasteiger charge is -2.31. The molecule has 70 valence electrons. The van der Waals surface area contributed by atoms with Crippen molar-refractivity contribution in [2.75, 3.05) is 0 Å². The van der Waals surface area contributed by atoms with Gasteiger partial charge in [0, 0.05) is 18.3 Å². The van der Waals surface area contributed by atoms with Gasteiger partial charge < -0.3 is 10.5 Å². The molecule has 0 saturated heterocycles. The number of rotatable bonds is 2. The van der Waals surface area contributed by atoms with Gasteiger partial charge in [-0.3, -0.25) is 0 Å². The van der Waals surface area contributed by atoms with Crippen LogP contribution >= 0.6 is 0 Å². The topological polar surface area (TPSA) is 61.0 Å². The third kappa shape index (κ3) is 1.95. The van der Waals surface area contributed by atoms with E-state index in [9.17, 15) is 0 Å². The van der Waals surface area contributed by atoms with Crippen LogP contribution in [0.4, 0.5) is 0 Å². The lowest BCUT2D eigenvalue weighted by Crippen LogP contribution is -2.43. The maximum Gasteiger partial charge on any atom is 0.216 e. The maximum absolute atomic E-state index is 5.64. The first-order chi connectivity index (χ1) is 6.24. The van der Waals surface area contributed by atoms with Crippen molar-refractivity contribution >= 4 is 0 Å². The van der Waals surface area contributed by atoms with Gasteiger partial charge in [0.15, 0.2) is 0 Å². The molecular weight excluding hydrogens is 166 g/mol. The van der Waals surface area contributed by atoms with E-state index in [1.807, 2.05) is 6.92 Å². The van der Waals surface area contributed by atoms with Gasteiger partial charge in [-0.1, -0.05) is 0 Å². The van der Waals surface area contributed by atoms with Gasteiger partial charge >= 0.3 is 0 Å². The van der Waals surface area contributed by atoms with Crippen LogP contribution in [0.1, 0.15) is 18.7 Å². The SMILES string of the molecule is Cc1nccc(OC2CC(N)C2)n1. The molecule has 1 aliphatic carbocycles. The van der Waals surface area contributed by atoms with Crippen LogP contribution < -0.4 is 10.5 Å². The van der Waals surface area contributed by atoms with E-state index in [4.69, 9.17) is 10.5 Å². The van der Waals surface area contributed by atoms with Crippen LogP contribution in [0.15, 0.2) is 12.3 Å². The zero-order valence-corrected chi connectivity index (χ0v) is 7.60. The molecule has 13 heavy (non-hydrogen) atoms. The molecule has 1 heterocycles. The number of aromatic nitrogens is 2. The smallest absolute Gasteiger partial charge is 0.216 e. The summed E-state index contributed by atoms with van der Waals surface area (Å²) < 4.78 is 5.57. The van der Waals surface area contributed by atoms with Crippen LogP contribution in [0.2, 0.25) is 0 Å². The summed E-state index contributed by atoms with van der Waals surface area (Å²) in [6, 6.07) is 2.09. The van der Waals surface area contributed by atoms with E-state index in [0.717, 1.165) is 18.7 Å². The molecule has 1 fully saturated rings. The van der Waals surface area contributed by atoms with Crippen molar-refractivity contribution in [3.05, 3.63) is 18.1 Å². The molecule has 1 aliphatic rings. The van der Waals surface area contributed by atoms with E-state index in [0.29, 0.717) is 11.9 Å². The third-order valence-corrected chi connectivity index (χ3v) is 2.17. The van der Waals surface area contributed by atoms with Gasteiger partial charge in [-0.05, 0) is 19.8 Å². The summed E-state index contributed by atoms with van der Waals surface area (Å²) in [7, 11) is 0. The highest BCUT2D eigenvalue weighted by Gasteiger charge is 2.27. The zero-order valence-electron chi connectivity index (χ0n) is 7.60. The second-order valence-electron chi connectivity index (χ2n) is 3.41. The van der Waals surface area contributed by atoms with Gasteiger partial charge in [0.1, 0.15) is 11.9 Å². The molecule has 1 saturated carbocycles. The lowest BCUT2D eigenvalue weighted by molar-refractivity contribution is 0.0955. The summed E-state index contributed by atoms with van der Waals surface area (Å²) in [4.78, 5) is 8.14. The van der Waals surface area contributed by atoms with E-state index < -0.39 is 0 Å². The minimum atomic E-state index is 0.254. The lowest BCUT2D eigenvalue weighted by atomic mass is 9.90. The van der Waals surface area contributed by atoms with Crippen LogP contribution in [0.5, 0.6) is 5.88 Å². The fourth-order valence-electron chi connectivity index (χ4n) is 1.37. The summed E-state index contributed by atoms with van der Waals surface area (Å²) in [5, 5.41) is 0. The molecule has 0 bridgehead atoms. The molecule has 0 spiro atoms. The number of aryl methyl sites for hydroxylation is 1. The Labute approximate surface area is 77.1 Å². The van der Waals surface area contributed by atoms with Gasteiger partial charge in [0.2, 0.25) is 5.88 Å². The molecule has 1 aromatic heterocycles. The van der Waals surface area contributed by atoms with Crippen molar-refractivity contribution < 1.29 is 4.74 Å². The maximum atomic E-state index is 5.64. The quantitative estimate of drug-likeness (QED) is 0.724. The fraction of sp³-hybridized carbons (Fsp3) is 0.556. The number of nitrogens with two attached hydrogens (primary N) is 1. The van der Waals surface area contributed by atoms with Crippen molar-refractivity contribution in [1.82, 2.24) is 9.97 Å². The summed E-state index contributed by atoms with van der Waals surface area (Å²) in [5.74, 6) is 1.39. The van der Waals surface area contributed by atoms with Crippen LogP contribution in [-0.4, -0.2) is 22.1 Å². The molecule has 0 aromatic carbocycles. The number of hydrogen-bond donors (Lipinski definition) is 1. The highest BCUT2D eigenvalue weighted by Crippen LogP contribution is 2.22. The van der Waals surface area contributed by atoms with Crippen molar-refractivity contribution in [2.45, 2.75) is 31.9 Å². The Balaban J connectivity index is 1.94. The molecule has 0 aliphatic heterocycles. The highest BCUT2D eigenvalue weighted by atomic mass is 16.5. The van der Waals surface area contributed by atoms with E-state index in [2.05, 4.69) is 9.97 Å². The predicted molar refractivity (Wildman–Crippen MR) is 48.4 cm³/mol. The molecule has 0 unspecified atom stereocenters. The molecule has 1 aromatic rings. The second-order valence-corrected chi connectivity index (χ2v) is 3.41. The second kappa shape index (κ2) is 3.30. The minimum Gasteiger partial charge on any atom is -0.474 e. The molecule has 4 nitrogen and oxygen atoms in total. The average Bonchev–Trinajstić information content (AvgIpc) is 2.01. The average molecular weight is 179 g/mol. The first-order valence-corrected chi connectivity index (χ1v) is 4.46. The first kappa shape index (κ1) is 8.44. The summed E-state index contributed by atoms with van der Waals surface area (Å²) >= 11 is 0. The number of ether oxygens (including phenoxy) is 1. The summed E-state index contributed by atoms with van der Waals surface area (Å²) in [6.07, 6.45) is 3.83. The molecule has 0 amide bonds. The third-order valence-electron chi connectivity index (χ3n) is 2.17. The van der Waals surface area contributed by atoms with Crippen molar-refractivity contribution in [3.8, 4) is 5.88 Å². The van der Waals surface area contributed by atoms with Gasteiger partial charge in [-0.15, -0.1) is 0 Å². The first-order valence-electron chi connectivity index (χ1n) is 4.46. The van der Waals surface area contributed by atoms with Gasteiger partial charge in [0.25, 0.3) is 0 Å². The van der Waals surface area contributed by atoms with Crippen LogP contribution in [0, 0.1) is 6.92 Å². The van der Waals surface area contributed by atoms with Crippen molar-refractivity contribution in [2.24, 2.45) is 5.73 Å². The monoisotopic (exact) mass is 179 g/mol. The molecule has 2 rings (SSSR count). The Morgan fingerprint density at radius 2 is 2.31 bits per heavy atom. The number of hydrogen-bond acceptors (Lipinski definition) is 4.